The Hall–Kier alpha value is -1.22. The lowest BCUT2D eigenvalue weighted by Crippen LogP contribution is -2.36. The van der Waals surface area contributed by atoms with Crippen molar-refractivity contribution in [2.45, 2.75) is 71.6 Å². The highest BCUT2D eigenvalue weighted by atomic mass is 16.5. The largest absolute Gasteiger partial charge is 0.497 e. The molecule has 2 atom stereocenters. The standard InChI is InChI=1S/C18H29NO2/c1-11(2)19-16-8-12(3)21-17-14(16)9-13(20-7)10-15(17)18(4,5)6/h9-12,16,19H,8H2,1-7H3. The summed E-state index contributed by atoms with van der Waals surface area (Å²) in [5, 5.41) is 3.66. The Labute approximate surface area is 129 Å². The first-order valence-electron chi connectivity index (χ1n) is 7.87. The van der Waals surface area contributed by atoms with Crippen molar-refractivity contribution in [3.05, 3.63) is 23.3 Å². The fourth-order valence-electron chi connectivity index (χ4n) is 2.96. The molecule has 118 valence electrons. The molecule has 0 spiro atoms. The number of nitrogens with one attached hydrogen (secondary N) is 1. The number of hydrogen-bond donors (Lipinski definition) is 1. The summed E-state index contributed by atoms with van der Waals surface area (Å²) in [6.45, 7) is 13.2. The molecule has 0 fully saturated rings. The SMILES string of the molecule is COc1cc2c(c(C(C)(C)C)c1)OC(C)CC2NC(C)C. The van der Waals surface area contributed by atoms with Crippen molar-refractivity contribution in [3.63, 3.8) is 0 Å². The predicted molar refractivity (Wildman–Crippen MR) is 87.4 cm³/mol. The summed E-state index contributed by atoms with van der Waals surface area (Å²) >= 11 is 0. The number of rotatable bonds is 3. The van der Waals surface area contributed by atoms with Crippen LogP contribution in [0.5, 0.6) is 11.5 Å². The number of ether oxygens (including phenoxy) is 2. The van der Waals surface area contributed by atoms with Gasteiger partial charge in [-0.2, -0.15) is 0 Å². The van der Waals surface area contributed by atoms with Crippen LogP contribution in [0.25, 0.3) is 0 Å². The van der Waals surface area contributed by atoms with Crippen LogP contribution in [0, 0.1) is 0 Å². The van der Waals surface area contributed by atoms with E-state index in [1.165, 1.54) is 11.1 Å². The van der Waals surface area contributed by atoms with Crippen LogP contribution in [0.15, 0.2) is 12.1 Å². The van der Waals surface area contributed by atoms with E-state index in [4.69, 9.17) is 9.47 Å². The molecule has 2 rings (SSSR count). The van der Waals surface area contributed by atoms with Crippen molar-refractivity contribution < 1.29 is 9.47 Å². The molecule has 3 nitrogen and oxygen atoms in total. The van der Waals surface area contributed by atoms with Crippen molar-refractivity contribution in [1.29, 1.82) is 0 Å². The van der Waals surface area contributed by atoms with Crippen LogP contribution in [-0.2, 0) is 5.41 Å². The first kappa shape index (κ1) is 16.2. The third-order valence-electron chi connectivity index (χ3n) is 3.93. The van der Waals surface area contributed by atoms with E-state index in [1.807, 2.05) is 0 Å². The van der Waals surface area contributed by atoms with Gasteiger partial charge in [-0.15, -0.1) is 0 Å². The van der Waals surface area contributed by atoms with E-state index < -0.39 is 0 Å². The Kier molecular flexibility index (Phi) is 4.52. The first-order valence-corrected chi connectivity index (χ1v) is 7.87. The molecule has 0 amide bonds. The first-order chi connectivity index (χ1) is 9.72. The third kappa shape index (κ3) is 3.52. The van der Waals surface area contributed by atoms with Gasteiger partial charge in [0.2, 0.25) is 0 Å². The van der Waals surface area contributed by atoms with Crippen LogP contribution in [0.1, 0.15) is 65.1 Å². The van der Waals surface area contributed by atoms with Gasteiger partial charge in [-0.3, -0.25) is 0 Å². The van der Waals surface area contributed by atoms with Gasteiger partial charge in [0, 0.05) is 29.6 Å². The maximum absolute atomic E-state index is 6.21. The lowest BCUT2D eigenvalue weighted by molar-refractivity contribution is 0.159. The molecule has 0 bridgehead atoms. The third-order valence-corrected chi connectivity index (χ3v) is 3.93. The zero-order chi connectivity index (χ0) is 15.8. The fraction of sp³-hybridized carbons (Fsp3) is 0.667. The second-order valence-electron chi connectivity index (χ2n) is 7.38. The van der Waals surface area contributed by atoms with Gasteiger partial charge < -0.3 is 14.8 Å². The Morgan fingerprint density at radius 1 is 1.29 bits per heavy atom. The molecular formula is C18H29NO2. The summed E-state index contributed by atoms with van der Waals surface area (Å²) in [4.78, 5) is 0. The predicted octanol–water partition coefficient (Wildman–Crippen LogP) is 4.20. The van der Waals surface area contributed by atoms with Crippen LogP contribution in [0.3, 0.4) is 0 Å². The summed E-state index contributed by atoms with van der Waals surface area (Å²) in [7, 11) is 1.73. The molecule has 1 N–H and O–H groups in total. The van der Waals surface area contributed by atoms with Gasteiger partial charge in [-0.05, 0) is 24.5 Å². The topological polar surface area (TPSA) is 30.5 Å². The molecule has 1 aromatic carbocycles. The maximum Gasteiger partial charge on any atom is 0.128 e. The average molecular weight is 291 g/mol. The fourth-order valence-corrected chi connectivity index (χ4v) is 2.96. The number of benzene rings is 1. The summed E-state index contributed by atoms with van der Waals surface area (Å²) in [5.41, 5.74) is 2.47. The molecule has 0 aromatic heterocycles. The minimum atomic E-state index is 0.0259. The maximum atomic E-state index is 6.21. The normalized spacial score (nSPS) is 21.9. The van der Waals surface area contributed by atoms with Gasteiger partial charge in [0.15, 0.2) is 0 Å². The summed E-state index contributed by atoms with van der Waals surface area (Å²) < 4.78 is 11.7. The van der Waals surface area contributed by atoms with E-state index in [0.29, 0.717) is 12.1 Å². The molecule has 21 heavy (non-hydrogen) atoms. The van der Waals surface area contributed by atoms with E-state index in [-0.39, 0.29) is 11.5 Å². The monoisotopic (exact) mass is 291 g/mol. The molecule has 0 aliphatic carbocycles. The van der Waals surface area contributed by atoms with Crippen molar-refractivity contribution in [2.75, 3.05) is 7.11 Å². The van der Waals surface area contributed by atoms with Crippen LogP contribution in [0.4, 0.5) is 0 Å². The molecule has 0 radical (unpaired) electrons. The van der Waals surface area contributed by atoms with E-state index in [0.717, 1.165) is 17.9 Å². The molecule has 0 saturated heterocycles. The van der Waals surface area contributed by atoms with Gasteiger partial charge in [0.25, 0.3) is 0 Å². The van der Waals surface area contributed by atoms with Gasteiger partial charge >= 0.3 is 0 Å². The van der Waals surface area contributed by atoms with Crippen LogP contribution < -0.4 is 14.8 Å². The minimum absolute atomic E-state index is 0.0259. The molecule has 1 aliphatic rings. The molecule has 3 heteroatoms. The lowest BCUT2D eigenvalue weighted by atomic mass is 9.82. The van der Waals surface area contributed by atoms with Gasteiger partial charge in [-0.25, -0.2) is 0 Å². The van der Waals surface area contributed by atoms with E-state index >= 15 is 0 Å². The van der Waals surface area contributed by atoms with Gasteiger partial charge in [-0.1, -0.05) is 34.6 Å². The molecule has 1 heterocycles. The summed E-state index contributed by atoms with van der Waals surface area (Å²) in [6, 6.07) is 5.00. The Morgan fingerprint density at radius 3 is 2.48 bits per heavy atom. The zero-order valence-corrected chi connectivity index (χ0v) is 14.4. The Bertz CT molecular complexity index is 503. The summed E-state index contributed by atoms with van der Waals surface area (Å²) in [6.07, 6.45) is 1.21. The second kappa shape index (κ2) is 5.88. The van der Waals surface area contributed by atoms with Gasteiger partial charge in [0.05, 0.1) is 13.2 Å². The second-order valence-corrected chi connectivity index (χ2v) is 7.38. The van der Waals surface area contributed by atoms with Crippen molar-refractivity contribution >= 4 is 0 Å². The smallest absolute Gasteiger partial charge is 0.128 e. The van der Waals surface area contributed by atoms with E-state index in [2.05, 4.69) is 59.0 Å². The van der Waals surface area contributed by atoms with E-state index in [9.17, 15) is 0 Å². The highest BCUT2D eigenvalue weighted by molar-refractivity contribution is 5.52. The van der Waals surface area contributed by atoms with Crippen LogP contribution in [-0.4, -0.2) is 19.3 Å². The molecule has 0 saturated carbocycles. The Morgan fingerprint density at radius 2 is 1.95 bits per heavy atom. The van der Waals surface area contributed by atoms with Crippen LogP contribution in [0.2, 0.25) is 0 Å². The highest BCUT2D eigenvalue weighted by Gasteiger charge is 2.32. The van der Waals surface area contributed by atoms with Crippen molar-refractivity contribution in [1.82, 2.24) is 5.32 Å². The quantitative estimate of drug-likeness (QED) is 0.905. The number of hydrogen-bond acceptors (Lipinski definition) is 3. The number of fused-ring (bicyclic) bond motifs is 1. The number of methoxy groups -OCH3 is 1. The minimum Gasteiger partial charge on any atom is -0.497 e. The lowest BCUT2D eigenvalue weighted by Gasteiger charge is -2.36. The molecule has 1 aromatic rings. The molecule has 1 aliphatic heterocycles. The van der Waals surface area contributed by atoms with Crippen molar-refractivity contribution in [3.8, 4) is 11.5 Å². The highest BCUT2D eigenvalue weighted by Crippen LogP contribution is 2.44. The molecule has 2 unspecified atom stereocenters. The zero-order valence-electron chi connectivity index (χ0n) is 14.4. The van der Waals surface area contributed by atoms with Gasteiger partial charge in [0.1, 0.15) is 11.5 Å². The Balaban J connectivity index is 2.57. The molecular weight excluding hydrogens is 262 g/mol. The van der Waals surface area contributed by atoms with E-state index in [1.54, 1.807) is 7.11 Å². The average Bonchev–Trinajstić information content (AvgIpc) is 2.35. The van der Waals surface area contributed by atoms with Crippen LogP contribution >= 0.6 is 0 Å². The summed E-state index contributed by atoms with van der Waals surface area (Å²) in [5.74, 6) is 1.95. The van der Waals surface area contributed by atoms with Crippen molar-refractivity contribution in [2.24, 2.45) is 0 Å².